The van der Waals surface area contributed by atoms with Crippen molar-refractivity contribution in [1.29, 1.82) is 0 Å². The molecule has 16 heavy (non-hydrogen) atoms. The minimum atomic E-state index is 0.349. The molecular formula is C13H22N2S. The Kier molecular flexibility index (Phi) is 5.00. The Labute approximate surface area is 103 Å². The van der Waals surface area contributed by atoms with E-state index in [1.165, 1.54) is 12.8 Å². The highest BCUT2D eigenvalue weighted by Gasteiger charge is 2.24. The summed E-state index contributed by atoms with van der Waals surface area (Å²) >= 11 is 1.95. The second-order valence-electron chi connectivity index (χ2n) is 4.07. The zero-order valence-corrected chi connectivity index (χ0v) is 11.2. The molecule has 3 N–H and O–H groups in total. The summed E-state index contributed by atoms with van der Waals surface area (Å²) < 4.78 is 0.349. The predicted molar refractivity (Wildman–Crippen MR) is 76.2 cm³/mol. The maximum absolute atomic E-state index is 5.66. The van der Waals surface area contributed by atoms with Crippen molar-refractivity contribution in [2.24, 2.45) is 0 Å². The van der Waals surface area contributed by atoms with Gasteiger partial charge in [0, 0.05) is 22.7 Å². The van der Waals surface area contributed by atoms with E-state index in [1.54, 1.807) is 0 Å². The van der Waals surface area contributed by atoms with Crippen molar-refractivity contribution in [3.8, 4) is 0 Å². The van der Waals surface area contributed by atoms with Crippen LogP contribution in [-0.4, -0.2) is 17.5 Å². The average Bonchev–Trinajstić information content (AvgIpc) is 2.34. The first-order chi connectivity index (χ1) is 7.65. The van der Waals surface area contributed by atoms with Crippen molar-refractivity contribution in [2.45, 2.75) is 31.4 Å². The highest BCUT2D eigenvalue weighted by Crippen LogP contribution is 2.30. The van der Waals surface area contributed by atoms with Gasteiger partial charge in [-0.25, -0.2) is 0 Å². The summed E-state index contributed by atoms with van der Waals surface area (Å²) in [6.07, 6.45) is 4.57. The summed E-state index contributed by atoms with van der Waals surface area (Å²) in [6, 6.07) is 7.93. The Bertz CT molecular complexity index is 296. The number of thioether (sulfide) groups is 1. The van der Waals surface area contributed by atoms with Crippen molar-refractivity contribution in [3.05, 3.63) is 24.3 Å². The lowest BCUT2D eigenvalue weighted by molar-refractivity contribution is 0.575. The van der Waals surface area contributed by atoms with Crippen molar-refractivity contribution >= 4 is 23.1 Å². The van der Waals surface area contributed by atoms with Crippen molar-refractivity contribution in [1.82, 2.24) is 0 Å². The Morgan fingerprint density at radius 2 is 1.75 bits per heavy atom. The molecule has 0 saturated carbocycles. The van der Waals surface area contributed by atoms with Gasteiger partial charge in [-0.3, -0.25) is 0 Å². The molecule has 1 aromatic rings. The molecule has 0 saturated heterocycles. The van der Waals surface area contributed by atoms with E-state index in [-0.39, 0.29) is 0 Å². The van der Waals surface area contributed by atoms with Gasteiger partial charge in [-0.05, 0) is 43.4 Å². The van der Waals surface area contributed by atoms with Crippen LogP contribution in [-0.2, 0) is 0 Å². The molecule has 0 spiro atoms. The van der Waals surface area contributed by atoms with Gasteiger partial charge < -0.3 is 11.1 Å². The second kappa shape index (κ2) is 6.04. The molecule has 0 aliphatic rings. The molecule has 0 fully saturated rings. The Morgan fingerprint density at radius 3 is 2.19 bits per heavy atom. The Balaban J connectivity index is 2.58. The molecule has 0 aliphatic heterocycles. The quantitative estimate of drug-likeness (QED) is 0.744. The lowest BCUT2D eigenvalue weighted by Gasteiger charge is -2.30. The normalized spacial score (nSPS) is 11.4. The minimum Gasteiger partial charge on any atom is -0.399 e. The van der Waals surface area contributed by atoms with Crippen LogP contribution in [0.2, 0.25) is 0 Å². The molecule has 3 heteroatoms. The summed E-state index contributed by atoms with van der Waals surface area (Å²) in [7, 11) is 0. The maximum Gasteiger partial charge on any atom is 0.0342 e. The predicted octanol–water partition coefficient (Wildman–Crippen LogP) is 3.60. The number of hydrogen-bond acceptors (Lipinski definition) is 3. The van der Waals surface area contributed by atoms with E-state index in [2.05, 4.69) is 25.4 Å². The molecule has 0 aromatic heterocycles. The Morgan fingerprint density at radius 1 is 1.19 bits per heavy atom. The lowest BCUT2D eigenvalue weighted by atomic mass is 10.0. The van der Waals surface area contributed by atoms with Gasteiger partial charge in [-0.15, -0.1) is 0 Å². The molecule has 0 amide bonds. The molecule has 0 bridgehead atoms. The molecule has 1 aromatic carbocycles. The van der Waals surface area contributed by atoms with Gasteiger partial charge in [-0.1, -0.05) is 13.8 Å². The van der Waals surface area contributed by atoms with E-state index >= 15 is 0 Å². The third-order valence-electron chi connectivity index (χ3n) is 3.25. The van der Waals surface area contributed by atoms with Crippen LogP contribution in [0.5, 0.6) is 0 Å². The van der Waals surface area contributed by atoms with Crippen LogP contribution < -0.4 is 11.1 Å². The first-order valence-electron chi connectivity index (χ1n) is 5.80. The molecule has 1 rings (SSSR count). The fourth-order valence-corrected chi connectivity index (χ4v) is 2.52. The monoisotopic (exact) mass is 238 g/mol. The molecule has 2 nitrogen and oxygen atoms in total. The fraction of sp³-hybridized carbons (Fsp3) is 0.538. The summed E-state index contributed by atoms with van der Waals surface area (Å²) in [5.74, 6) is 0. The molecule has 0 radical (unpaired) electrons. The molecular weight excluding hydrogens is 216 g/mol. The van der Waals surface area contributed by atoms with Gasteiger partial charge in [0.15, 0.2) is 0 Å². The van der Waals surface area contributed by atoms with Crippen LogP contribution in [0.25, 0.3) is 0 Å². The van der Waals surface area contributed by atoms with Crippen LogP contribution >= 0.6 is 11.8 Å². The molecule has 0 unspecified atom stereocenters. The summed E-state index contributed by atoms with van der Waals surface area (Å²) in [4.78, 5) is 0. The summed E-state index contributed by atoms with van der Waals surface area (Å²) in [5.41, 5.74) is 7.62. The van der Waals surface area contributed by atoms with Crippen LogP contribution in [0, 0.1) is 0 Å². The van der Waals surface area contributed by atoms with E-state index < -0.39 is 0 Å². The third kappa shape index (κ3) is 3.34. The Hall–Kier alpha value is -0.830. The highest BCUT2D eigenvalue weighted by molar-refractivity contribution is 8.00. The van der Waals surface area contributed by atoms with Gasteiger partial charge in [-0.2, -0.15) is 11.8 Å². The first kappa shape index (κ1) is 13.2. The average molecular weight is 238 g/mol. The first-order valence-corrected chi connectivity index (χ1v) is 7.03. The van der Waals surface area contributed by atoms with E-state index in [1.807, 2.05) is 36.0 Å². The number of nitrogens with two attached hydrogens (primary N) is 1. The molecule has 0 aliphatic carbocycles. The number of hydrogen-bond donors (Lipinski definition) is 2. The van der Waals surface area contributed by atoms with Crippen molar-refractivity contribution in [2.75, 3.05) is 23.9 Å². The third-order valence-corrected chi connectivity index (χ3v) is 4.83. The smallest absolute Gasteiger partial charge is 0.0342 e. The van der Waals surface area contributed by atoms with Gasteiger partial charge in [0.2, 0.25) is 0 Å². The van der Waals surface area contributed by atoms with Crippen LogP contribution in [0.1, 0.15) is 26.7 Å². The van der Waals surface area contributed by atoms with Gasteiger partial charge in [0.25, 0.3) is 0 Å². The zero-order chi connectivity index (χ0) is 12.0. The summed E-state index contributed by atoms with van der Waals surface area (Å²) in [6.45, 7) is 5.51. The highest BCUT2D eigenvalue weighted by atomic mass is 32.2. The van der Waals surface area contributed by atoms with E-state index in [4.69, 9.17) is 5.73 Å². The van der Waals surface area contributed by atoms with Crippen LogP contribution in [0.3, 0.4) is 0 Å². The number of rotatable bonds is 6. The standard InChI is InChI=1S/C13H22N2S/c1-4-13(5-2,16-3)10-15-12-8-6-11(14)7-9-12/h6-9,15H,4-5,10,14H2,1-3H3. The largest absolute Gasteiger partial charge is 0.399 e. The van der Waals surface area contributed by atoms with Crippen LogP contribution in [0.4, 0.5) is 11.4 Å². The van der Waals surface area contributed by atoms with Gasteiger partial charge >= 0.3 is 0 Å². The van der Waals surface area contributed by atoms with Crippen LogP contribution in [0.15, 0.2) is 24.3 Å². The summed E-state index contributed by atoms with van der Waals surface area (Å²) in [5, 5.41) is 3.49. The number of nitrogen functional groups attached to an aromatic ring is 1. The van der Waals surface area contributed by atoms with E-state index in [0.29, 0.717) is 4.75 Å². The fourth-order valence-electron chi connectivity index (χ4n) is 1.72. The van der Waals surface area contributed by atoms with Gasteiger partial charge in [0.1, 0.15) is 0 Å². The topological polar surface area (TPSA) is 38.0 Å². The maximum atomic E-state index is 5.66. The van der Waals surface area contributed by atoms with E-state index in [0.717, 1.165) is 17.9 Å². The number of benzene rings is 1. The van der Waals surface area contributed by atoms with E-state index in [9.17, 15) is 0 Å². The molecule has 0 heterocycles. The van der Waals surface area contributed by atoms with Crippen molar-refractivity contribution in [3.63, 3.8) is 0 Å². The molecule has 90 valence electrons. The SMILES string of the molecule is CCC(CC)(CNc1ccc(N)cc1)SC. The van der Waals surface area contributed by atoms with Gasteiger partial charge in [0.05, 0.1) is 0 Å². The number of nitrogens with one attached hydrogen (secondary N) is 1. The minimum absolute atomic E-state index is 0.349. The zero-order valence-electron chi connectivity index (χ0n) is 10.4. The number of anilines is 2. The lowest BCUT2D eigenvalue weighted by Crippen LogP contribution is -2.31. The second-order valence-corrected chi connectivity index (χ2v) is 5.34. The van der Waals surface area contributed by atoms with Crippen molar-refractivity contribution < 1.29 is 0 Å². The molecule has 0 atom stereocenters.